The monoisotopic (exact) mass is 198 g/mol. The van der Waals surface area contributed by atoms with Gasteiger partial charge in [-0.15, -0.1) is 0 Å². The molecule has 14 heavy (non-hydrogen) atoms. The van der Waals surface area contributed by atoms with Gasteiger partial charge in [-0.3, -0.25) is 0 Å². The summed E-state index contributed by atoms with van der Waals surface area (Å²) in [6.07, 6.45) is 0.601. The normalized spacial score (nSPS) is 11.7. The van der Waals surface area contributed by atoms with Crippen molar-refractivity contribution in [2.45, 2.75) is 39.7 Å². The topological polar surface area (TPSA) is 36.3 Å². The molecule has 82 valence electrons. The van der Waals surface area contributed by atoms with Crippen LogP contribution in [0.25, 0.3) is 0 Å². The van der Waals surface area contributed by atoms with Gasteiger partial charge in [0.15, 0.2) is 0 Å². The molecule has 0 radical (unpaired) electrons. The van der Waals surface area contributed by atoms with Crippen molar-refractivity contribution in [1.29, 1.82) is 5.26 Å². The van der Waals surface area contributed by atoms with Crippen LogP contribution in [0.3, 0.4) is 0 Å². The zero-order valence-electron chi connectivity index (χ0n) is 9.84. The minimum Gasteiger partial charge on any atom is -0.375 e. The minimum absolute atomic E-state index is 0.0609. The van der Waals surface area contributed by atoms with E-state index in [4.69, 9.17) is 10.00 Å². The van der Waals surface area contributed by atoms with Crippen LogP contribution >= 0.6 is 0 Å². The SMILES string of the molecule is CCN(CCC#N)CCOC(C)(C)C. The lowest BCUT2D eigenvalue weighted by atomic mass is 10.2. The molecule has 3 nitrogen and oxygen atoms in total. The van der Waals surface area contributed by atoms with Crippen molar-refractivity contribution < 1.29 is 4.74 Å². The van der Waals surface area contributed by atoms with Crippen LogP contribution in [-0.2, 0) is 4.74 Å². The van der Waals surface area contributed by atoms with E-state index in [9.17, 15) is 0 Å². The van der Waals surface area contributed by atoms with E-state index in [2.05, 4.69) is 38.7 Å². The van der Waals surface area contributed by atoms with Gasteiger partial charge in [-0.25, -0.2) is 0 Å². The fourth-order valence-corrected chi connectivity index (χ4v) is 1.12. The number of ether oxygens (including phenoxy) is 1. The first kappa shape index (κ1) is 13.4. The first-order chi connectivity index (χ1) is 6.49. The van der Waals surface area contributed by atoms with Gasteiger partial charge in [0.1, 0.15) is 0 Å². The largest absolute Gasteiger partial charge is 0.375 e. The molecule has 0 aliphatic carbocycles. The highest BCUT2D eigenvalue weighted by atomic mass is 16.5. The molecule has 3 heteroatoms. The molecule has 0 aromatic rings. The number of nitriles is 1. The van der Waals surface area contributed by atoms with Crippen LogP contribution in [0.1, 0.15) is 34.1 Å². The van der Waals surface area contributed by atoms with Crippen molar-refractivity contribution in [2.24, 2.45) is 0 Å². The van der Waals surface area contributed by atoms with E-state index in [1.54, 1.807) is 0 Å². The predicted octanol–water partition coefficient (Wildman–Crippen LogP) is 2.04. The van der Waals surface area contributed by atoms with Crippen molar-refractivity contribution in [1.82, 2.24) is 4.90 Å². The summed E-state index contributed by atoms with van der Waals surface area (Å²) in [4.78, 5) is 2.23. The number of hydrogen-bond donors (Lipinski definition) is 0. The molecule has 0 bridgehead atoms. The average molecular weight is 198 g/mol. The third-order valence-corrected chi connectivity index (χ3v) is 1.93. The van der Waals surface area contributed by atoms with Crippen LogP contribution in [-0.4, -0.2) is 36.7 Å². The Labute approximate surface area is 87.7 Å². The van der Waals surface area contributed by atoms with Crippen LogP contribution in [0.4, 0.5) is 0 Å². The molecule has 0 saturated heterocycles. The van der Waals surface area contributed by atoms with Crippen LogP contribution in [0.2, 0.25) is 0 Å². The number of hydrogen-bond acceptors (Lipinski definition) is 3. The first-order valence-corrected chi connectivity index (χ1v) is 5.23. The average Bonchev–Trinajstić information content (AvgIpc) is 2.09. The molecular formula is C11H22N2O. The maximum Gasteiger partial charge on any atom is 0.0635 e. The second kappa shape index (κ2) is 6.80. The smallest absolute Gasteiger partial charge is 0.0635 e. The summed E-state index contributed by atoms with van der Waals surface area (Å²) in [6.45, 7) is 11.7. The number of likely N-dealkylation sites (N-methyl/N-ethyl adjacent to an activating group) is 1. The molecule has 0 heterocycles. The number of rotatable bonds is 6. The van der Waals surface area contributed by atoms with Crippen LogP contribution in [0.5, 0.6) is 0 Å². The van der Waals surface area contributed by atoms with Gasteiger partial charge < -0.3 is 9.64 Å². The van der Waals surface area contributed by atoms with E-state index >= 15 is 0 Å². The second-order valence-electron chi connectivity index (χ2n) is 4.30. The van der Waals surface area contributed by atoms with Crippen molar-refractivity contribution in [2.75, 3.05) is 26.2 Å². The standard InChI is InChI=1S/C11H22N2O/c1-5-13(8-6-7-12)9-10-14-11(2,3)4/h5-6,8-10H2,1-4H3. The van der Waals surface area contributed by atoms with Crippen molar-refractivity contribution in [3.63, 3.8) is 0 Å². The fraction of sp³-hybridized carbons (Fsp3) is 0.909. The summed E-state index contributed by atoms with van der Waals surface area (Å²) >= 11 is 0. The van der Waals surface area contributed by atoms with Gasteiger partial charge in [0, 0.05) is 19.5 Å². The van der Waals surface area contributed by atoms with Gasteiger partial charge in [-0.05, 0) is 27.3 Å². The van der Waals surface area contributed by atoms with Gasteiger partial charge in [-0.1, -0.05) is 6.92 Å². The van der Waals surface area contributed by atoms with Gasteiger partial charge >= 0.3 is 0 Å². The molecule has 0 aromatic heterocycles. The van der Waals surface area contributed by atoms with E-state index in [1.165, 1.54) is 0 Å². The van der Waals surface area contributed by atoms with Crippen LogP contribution < -0.4 is 0 Å². The lowest BCUT2D eigenvalue weighted by Gasteiger charge is -2.23. The Morgan fingerprint density at radius 2 is 1.93 bits per heavy atom. The van der Waals surface area contributed by atoms with Crippen molar-refractivity contribution in [3.8, 4) is 6.07 Å². The Hall–Kier alpha value is -0.590. The van der Waals surface area contributed by atoms with Gasteiger partial charge in [0.2, 0.25) is 0 Å². The molecule has 0 unspecified atom stereocenters. The van der Waals surface area contributed by atoms with E-state index in [1.807, 2.05) is 0 Å². The van der Waals surface area contributed by atoms with Crippen molar-refractivity contribution >= 4 is 0 Å². The Morgan fingerprint density at radius 3 is 2.36 bits per heavy atom. The molecule has 0 aliphatic heterocycles. The molecule has 0 N–H and O–H groups in total. The molecular weight excluding hydrogens is 176 g/mol. The van der Waals surface area contributed by atoms with E-state index in [0.717, 1.165) is 26.2 Å². The van der Waals surface area contributed by atoms with E-state index in [0.29, 0.717) is 6.42 Å². The highest BCUT2D eigenvalue weighted by Crippen LogP contribution is 2.06. The summed E-state index contributed by atoms with van der Waals surface area (Å²) in [5, 5.41) is 8.46. The summed E-state index contributed by atoms with van der Waals surface area (Å²) in [5.74, 6) is 0. The highest BCUT2D eigenvalue weighted by molar-refractivity contribution is 4.72. The fourth-order valence-electron chi connectivity index (χ4n) is 1.12. The molecule has 0 spiro atoms. The summed E-state index contributed by atoms with van der Waals surface area (Å²) in [5.41, 5.74) is -0.0609. The second-order valence-corrected chi connectivity index (χ2v) is 4.30. The Kier molecular flexibility index (Phi) is 6.52. The molecule has 0 amide bonds. The minimum atomic E-state index is -0.0609. The Bertz CT molecular complexity index is 179. The van der Waals surface area contributed by atoms with Crippen molar-refractivity contribution in [3.05, 3.63) is 0 Å². The van der Waals surface area contributed by atoms with E-state index < -0.39 is 0 Å². The summed E-state index contributed by atoms with van der Waals surface area (Å²) in [6, 6.07) is 2.16. The molecule has 0 aliphatic rings. The Morgan fingerprint density at radius 1 is 1.29 bits per heavy atom. The van der Waals surface area contributed by atoms with Gasteiger partial charge in [0.25, 0.3) is 0 Å². The third kappa shape index (κ3) is 8.03. The quantitative estimate of drug-likeness (QED) is 0.655. The molecule has 0 atom stereocenters. The lowest BCUT2D eigenvalue weighted by molar-refractivity contribution is -0.0124. The lowest BCUT2D eigenvalue weighted by Crippen LogP contribution is -2.31. The molecule has 0 fully saturated rings. The summed E-state index contributed by atoms with van der Waals surface area (Å²) in [7, 11) is 0. The predicted molar refractivity (Wildman–Crippen MR) is 58.0 cm³/mol. The summed E-state index contributed by atoms with van der Waals surface area (Å²) < 4.78 is 5.62. The third-order valence-electron chi connectivity index (χ3n) is 1.93. The number of nitrogens with zero attached hydrogens (tertiary/aromatic N) is 2. The van der Waals surface area contributed by atoms with Gasteiger partial charge in [-0.2, -0.15) is 5.26 Å². The van der Waals surface area contributed by atoms with Gasteiger partial charge in [0.05, 0.1) is 18.3 Å². The molecule has 0 saturated carbocycles. The molecule has 0 rings (SSSR count). The van der Waals surface area contributed by atoms with Crippen LogP contribution in [0, 0.1) is 11.3 Å². The Balaban J connectivity index is 3.58. The highest BCUT2D eigenvalue weighted by Gasteiger charge is 2.10. The van der Waals surface area contributed by atoms with E-state index in [-0.39, 0.29) is 5.60 Å². The maximum atomic E-state index is 8.46. The first-order valence-electron chi connectivity index (χ1n) is 5.23. The zero-order chi connectivity index (χ0) is 11.0. The maximum absolute atomic E-state index is 8.46. The van der Waals surface area contributed by atoms with Crippen LogP contribution in [0.15, 0.2) is 0 Å². The molecule has 0 aromatic carbocycles. The zero-order valence-corrected chi connectivity index (χ0v) is 9.84.